The van der Waals surface area contributed by atoms with Crippen LogP contribution in [0.5, 0.6) is 0 Å². The lowest BCUT2D eigenvalue weighted by molar-refractivity contribution is -0.0794. The zero-order valence-electron chi connectivity index (χ0n) is 19.6. The summed E-state index contributed by atoms with van der Waals surface area (Å²) in [5.41, 5.74) is -1.28. The minimum atomic E-state index is -4.72. The first-order valence-corrected chi connectivity index (χ1v) is 13.6. The summed E-state index contributed by atoms with van der Waals surface area (Å²) in [7, 11) is -4.72. The van der Waals surface area contributed by atoms with Gasteiger partial charge in [-0.1, -0.05) is 19.1 Å². The summed E-state index contributed by atoms with van der Waals surface area (Å²) >= 11 is 5.33. The van der Waals surface area contributed by atoms with E-state index in [1.54, 1.807) is 6.92 Å². The smallest absolute Gasteiger partial charge is 0.394 e. The van der Waals surface area contributed by atoms with E-state index in [1.807, 2.05) is 0 Å². The molecule has 4 aliphatic rings. The van der Waals surface area contributed by atoms with E-state index in [0.29, 0.717) is 0 Å². The maximum Gasteiger partial charge on any atom is 0.472 e. The summed E-state index contributed by atoms with van der Waals surface area (Å²) in [4.78, 5) is 52.5. The third kappa shape index (κ3) is 5.05. The molecule has 0 aliphatic carbocycles. The first-order valence-electron chi connectivity index (χ1n) is 11.7. The third-order valence-corrected chi connectivity index (χ3v) is 8.63. The summed E-state index contributed by atoms with van der Waals surface area (Å²) in [5.74, 6) is -0.455. The molecule has 0 aromatic carbocycles. The van der Waals surface area contributed by atoms with Crippen LogP contribution in [0.25, 0.3) is 0 Å². The molecule has 4 aliphatic heterocycles. The molecule has 204 valence electrons. The number of urea groups is 1. The van der Waals surface area contributed by atoms with Crippen LogP contribution in [0.3, 0.4) is 0 Å². The number of hydrogen-bond acceptors (Lipinski definition) is 11. The molecule has 5 heterocycles. The van der Waals surface area contributed by atoms with Crippen molar-refractivity contribution in [3.8, 4) is 0 Å². The Hall–Kier alpha value is -2.01. The number of amides is 2. The number of carbonyl (C=O) groups excluding carboxylic acids is 1. The maximum atomic E-state index is 13.1. The van der Waals surface area contributed by atoms with Crippen LogP contribution >= 0.6 is 20.0 Å². The number of thiocarbonyl (C=S) groups is 1. The minimum absolute atomic E-state index is 0.0280. The first kappa shape index (κ1) is 26.6. The van der Waals surface area contributed by atoms with Gasteiger partial charge in [0.25, 0.3) is 5.56 Å². The van der Waals surface area contributed by atoms with Gasteiger partial charge in [0.05, 0.1) is 24.3 Å². The van der Waals surface area contributed by atoms with Crippen LogP contribution in [0.1, 0.15) is 31.6 Å². The van der Waals surface area contributed by atoms with Crippen LogP contribution < -0.4 is 16.6 Å². The van der Waals surface area contributed by atoms with Gasteiger partial charge >= 0.3 is 19.5 Å². The molecule has 15 nitrogen and oxygen atoms in total. The van der Waals surface area contributed by atoms with E-state index in [0.717, 1.165) is 4.57 Å². The van der Waals surface area contributed by atoms with E-state index in [2.05, 4.69) is 10.3 Å². The summed E-state index contributed by atoms with van der Waals surface area (Å²) in [6, 6.07) is -1.33. The second-order valence-corrected chi connectivity index (χ2v) is 11.3. The van der Waals surface area contributed by atoms with E-state index in [4.69, 9.17) is 30.7 Å². The monoisotopic (exact) mass is 562 g/mol. The molecule has 1 aromatic rings. The van der Waals surface area contributed by atoms with E-state index in [1.165, 1.54) is 11.1 Å². The Kier molecular flexibility index (Phi) is 7.15. The second kappa shape index (κ2) is 9.94. The number of phosphoric acid groups is 1. The van der Waals surface area contributed by atoms with Crippen LogP contribution in [0, 0.1) is 5.92 Å². The Morgan fingerprint density at radius 1 is 1.19 bits per heavy atom. The van der Waals surface area contributed by atoms with Gasteiger partial charge in [0.15, 0.2) is 0 Å². The maximum absolute atomic E-state index is 13.1. The Bertz CT molecular complexity index is 1260. The molecule has 5 N–H and O–H groups in total. The number of hydrogen-bond donors (Lipinski definition) is 5. The number of H-pyrrole nitrogens is 1. The summed E-state index contributed by atoms with van der Waals surface area (Å²) < 4.78 is 35.7. The highest BCUT2D eigenvalue weighted by atomic mass is 32.1. The minimum Gasteiger partial charge on any atom is -0.394 e. The predicted molar refractivity (Wildman–Crippen MR) is 126 cm³/mol. The second-order valence-electron chi connectivity index (χ2n) is 9.47. The highest BCUT2D eigenvalue weighted by Crippen LogP contribution is 2.48. The van der Waals surface area contributed by atoms with E-state index in [-0.39, 0.29) is 29.8 Å². The van der Waals surface area contributed by atoms with E-state index in [9.17, 15) is 34.1 Å². The third-order valence-electron chi connectivity index (χ3n) is 7.14. The Labute approximate surface area is 214 Å². The predicted octanol–water partition coefficient (Wildman–Crippen LogP) is -1.29. The number of nitrogens with one attached hydrogen (secondary N) is 2. The number of ether oxygens (including phenoxy) is 2. The van der Waals surface area contributed by atoms with Crippen molar-refractivity contribution in [1.29, 1.82) is 0 Å². The molecule has 5 rings (SSSR count). The zero-order chi connectivity index (χ0) is 26.6. The van der Waals surface area contributed by atoms with Crippen molar-refractivity contribution in [3.05, 3.63) is 32.6 Å². The van der Waals surface area contributed by atoms with Gasteiger partial charge in [-0.3, -0.25) is 28.3 Å². The number of aliphatic hydroxyl groups excluding tert-OH is 2. The van der Waals surface area contributed by atoms with Gasteiger partial charge in [0.1, 0.15) is 30.8 Å². The van der Waals surface area contributed by atoms with Gasteiger partial charge in [0, 0.05) is 43.0 Å². The fourth-order valence-corrected chi connectivity index (χ4v) is 6.34. The van der Waals surface area contributed by atoms with Crippen LogP contribution in [0.4, 0.5) is 4.79 Å². The van der Waals surface area contributed by atoms with Crippen LogP contribution in [0.15, 0.2) is 15.8 Å². The van der Waals surface area contributed by atoms with Crippen LogP contribution in [-0.2, 0) is 29.5 Å². The van der Waals surface area contributed by atoms with Crippen molar-refractivity contribution < 1.29 is 43.0 Å². The van der Waals surface area contributed by atoms with Gasteiger partial charge in [-0.2, -0.15) is 0 Å². The standard InChI is InChI=1S/C20H27N4O11PS/c1-8-10-2-9-5-23(19(28)21-17(9)27)15-3-11(26)14(34-15)7-32-36(30,31)35-12-4-16(33-13(12)6-25)24(10)20(29)22-18(8)37/h5,8,10-16,25-26H,2-4,6-7H2,1H3,(H,30,31)(H,21,27,28)(H,22,29,37)/t8-,10-,11-,12-,13+,14+,15+,16+/m0/s1. The lowest BCUT2D eigenvalue weighted by Crippen LogP contribution is -2.63. The normalized spacial score (nSPS) is 40.4. The van der Waals surface area contributed by atoms with Gasteiger partial charge in [-0.15, -0.1) is 0 Å². The summed E-state index contributed by atoms with van der Waals surface area (Å²) in [6.07, 6.45) is -5.28. The number of nitrogens with zero attached hydrogens (tertiary/aromatic N) is 2. The zero-order valence-corrected chi connectivity index (χ0v) is 21.3. The highest BCUT2D eigenvalue weighted by Gasteiger charge is 2.49. The largest absolute Gasteiger partial charge is 0.472 e. The molecule has 1 aromatic heterocycles. The van der Waals surface area contributed by atoms with Crippen LogP contribution in [-0.4, -0.2) is 90.5 Å². The molecule has 0 saturated carbocycles. The highest BCUT2D eigenvalue weighted by molar-refractivity contribution is 7.80. The van der Waals surface area contributed by atoms with Crippen LogP contribution in [0.2, 0.25) is 0 Å². The van der Waals surface area contributed by atoms with Crippen molar-refractivity contribution >= 4 is 31.1 Å². The molecule has 1 unspecified atom stereocenters. The topological polar surface area (TPSA) is 202 Å². The van der Waals surface area contributed by atoms with Crippen molar-refractivity contribution in [1.82, 2.24) is 19.8 Å². The molecular weight excluding hydrogens is 535 g/mol. The molecule has 0 spiro atoms. The summed E-state index contributed by atoms with van der Waals surface area (Å²) in [5, 5.41) is 22.8. The van der Waals surface area contributed by atoms with Crippen molar-refractivity contribution in [2.75, 3.05) is 13.2 Å². The average Bonchev–Trinajstić information content (AvgIpc) is 3.39. The summed E-state index contributed by atoms with van der Waals surface area (Å²) in [6.45, 7) is 0.639. The number of aliphatic hydroxyl groups is 2. The van der Waals surface area contributed by atoms with Crippen molar-refractivity contribution in [3.63, 3.8) is 0 Å². The Morgan fingerprint density at radius 2 is 1.95 bits per heavy atom. The number of rotatable bonds is 1. The number of fused-ring (bicyclic) bond motifs is 9. The molecule has 2 amide bonds. The molecule has 9 atom stereocenters. The number of phosphoric ester groups is 1. The van der Waals surface area contributed by atoms with Gasteiger partial charge in [-0.25, -0.2) is 14.2 Å². The molecule has 3 fully saturated rings. The van der Waals surface area contributed by atoms with Gasteiger partial charge in [0.2, 0.25) is 0 Å². The van der Waals surface area contributed by atoms with Crippen molar-refractivity contribution in [2.45, 2.75) is 69.1 Å². The average molecular weight is 562 g/mol. The SMILES string of the molecule is C[C@@H]1C(=S)NC(=O)N2[C@H]3C[C@H](OP(=O)(O)OC[C@H]4O[C@H](C[C@@H]4O)n4cc(c(=O)[nH]c4=O)C[C@@H]12)[C@@H](CO)O3. The fourth-order valence-electron chi connectivity index (χ4n) is 5.13. The molecule has 6 bridgehead atoms. The fraction of sp³-hybridized carbons (Fsp3) is 0.700. The quantitative estimate of drug-likeness (QED) is 0.201. The van der Waals surface area contributed by atoms with Gasteiger partial charge < -0.3 is 29.9 Å². The molecule has 37 heavy (non-hydrogen) atoms. The number of aromatic nitrogens is 2. The van der Waals surface area contributed by atoms with E-state index < -0.39 is 87.1 Å². The molecular formula is C20H27N4O11PS. The lowest BCUT2D eigenvalue weighted by Gasteiger charge is -2.43. The Morgan fingerprint density at radius 3 is 2.68 bits per heavy atom. The molecule has 3 saturated heterocycles. The Balaban J connectivity index is 1.59. The number of carbonyl (C=O) groups is 1. The first-order chi connectivity index (χ1) is 17.5. The van der Waals surface area contributed by atoms with Gasteiger partial charge in [-0.05, 0) is 0 Å². The van der Waals surface area contributed by atoms with Crippen molar-refractivity contribution in [2.24, 2.45) is 5.92 Å². The lowest BCUT2D eigenvalue weighted by atomic mass is 9.92. The van der Waals surface area contributed by atoms with E-state index >= 15 is 0 Å². The number of aromatic amines is 1. The molecule has 17 heteroatoms. The molecule has 0 radical (unpaired) electrons.